The molecule has 0 saturated carbocycles. The highest BCUT2D eigenvalue weighted by atomic mass is 16.1. The topological polar surface area (TPSA) is 36.8 Å². The number of carbonyl (C=O) groups excluding carboxylic acids is 1. The summed E-state index contributed by atoms with van der Waals surface area (Å²) < 4.78 is 2.13. The second-order valence-corrected chi connectivity index (χ2v) is 7.64. The molecule has 3 aliphatic rings. The van der Waals surface area contributed by atoms with E-state index in [0.29, 0.717) is 12.0 Å². The number of amides is 1. The number of benzene rings is 1. The average molecular weight is 333 g/mol. The van der Waals surface area contributed by atoms with Crippen LogP contribution in [0.3, 0.4) is 0 Å². The highest BCUT2D eigenvalue weighted by Crippen LogP contribution is 2.28. The molecule has 3 saturated heterocycles. The summed E-state index contributed by atoms with van der Waals surface area (Å²) in [5, 5.41) is 4.49. The fraction of sp³-hybridized carbons (Fsp3) is 0.381. The number of aromatic nitrogens is 1. The first-order valence-corrected chi connectivity index (χ1v) is 9.22. The zero-order chi connectivity index (χ0) is 17.0. The molecule has 1 unspecified atom stereocenters. The molecule has 0 aliphatic carbocycles. The number of hydrogen-bond donors (Lipinski definition) is 1. The van der Waals surface area contributed by atoms with E-state index >= 15 is 0 Å². The molecule has 5 heterocycles. The van der Waals surface area contributed by atoms with Crippen LogP contribution in [0.4, 0.5) is 0 Å². The highest BCUT2D eigenvalue weighted by molar-refractivity contribution is 5.97. The van der Waals surface area contributed by atoms with Gasteiger partial charge in [-0.1, -0.05) is 17.7 Å². The fourth-order valence-corrected chi connectivity index (χ4v) is 4.52. The van der Waals surface area contributed by atoms with Crippen LogP contribution in [0, 0.1) is 12.8 Å². The van der Waals surface area contributed by atoms with Gasteiger partial charge in [0.1, 0.15) is 0 Å². The molecule has 2 aromatic heterocycles. The van der Waals surface area contributed by atoms with Crippen LogP contribution in [0.25, 0.3) is 16.4 Å². The minimum absolute atomic E-state index is 0.0581. The van der Waals surface area contributed by atoms with E-state index in [1.807, 2.05) is 12.3 Å². The maximum absolute atomic E-state index is 12.8. The number of hydrogen-bond acceptors (Lipinski definition) is 2. The number of aryl methyl sites for hydroxylation is 1. The molecule has 25 heavy (non-hydrogen) atoms. The summed E-state index contributed by atoms with van der Waals surface area (Å²) >= 11 is 0. The number of piperidine rings is 3. The van der Waals surface area contributed by atoms with Crippen molar-refractivity contribution in [1.82, 2.24) is 14.6 Å². The molecular weight excluding hydrogens is 310 g/mol. The first-order chi connectivity index (χ1) is 12.2. The van der Waals surface area contributed by atoms with E-state index < -0.39 is 0 Å². The second-order valence-electron chi connectivity index (χ2n) is 7.64. The van der Waals surface area contributed by atoms with Crippen LogP contribution >= 0.6 is 0 Å². The Hall–Kier alpha value is -2.33. The summed E-state index contributed by atoms with van der Waals surface area (Å²) in [5.41, 5.74) is 4.21. The lowest BCUT2D eigenvalue weighted by Crippen LogP contribution is -2.57. The van der Waals surface area contributed by atoms with E-state index in [0.717, 1.165) is 23.1 Å². The van der Waals surface area contributed by atoms with Crippen molar-refractivity contribution in [2.24, 2.45) is 5.92 Å². The third kappa shape index (κ3) is 2.52. The van der Waals surface area contributed by atoms with Crippen molar-refractivity contribution in [3.63, 3.8) is 0 Å². The van der Waals surface area contributed by atoms with Crippen LogP contribution in [0.15, 0.2) is 42.6 Å². The van der Waals surface area contributed by atoms with Crippen LogP contribution in [0.1, 0.15) is 28.8 Å². The molecular formula is C21H23N3O. The van der Waals surface area contributed by atoms with Crippen molar-refractivity contribution in [3.05, 3.63) is 53.7 Å². The molecule has 6 rings (SSSR count). The van der Waals surface area contributed by atoms with E-state index in [9.17, 15) is 4.79 Å². The Balaban J connectivity index is 1.46. The zero-order valence-electron chi connectivity index (χ0n) is 14.5. The number of nitrogens with one attached hydrogen (secondary N) is 1. The van der Waals surface area contributed by atoms with Crippen molar-refractivity contribution < 1.29 is 4.79 Å². The quantitative estimate of drug-likeness (QED) is 0.782. The number of nitrogens with zero attached hydrogens (tertiary/aromatic N) is 2. The monoisotopic (exact) mass is 333 g/mol. The summed E-state index contributed by atoms with van der Waals surface area (Å²) in [5.74, 6) is 0.706. The SMILES string of the molecule is Cc1ccc2c(ccc3cc(C(=O)NC4CN5CCC4CC5)cn32)c1. The maximum atomic E-state index is 12.8. The predicted octanol–water partition coefficient (Wildman–Crippen LogP) is 3.22. The van der Waals surface area contributed by atoms with Gasteiger partial charge in [-0.3, -0.25) is 4.79 Å². The highest BCUT2D eigenvalue weighted by Gasteiger charge is 2.35. The minimum atomic E-state index is 0.0581. The van der Waals surface area contributed by atoms with Crippen LogP contribution in [-0.4, -0.2) is 40.9 Å². The van der Waals surface area contributed by atoms with Gasteiger partial charge in [-0.05, 0) is 68.4 Å². The van der Waals surface area contributed by atoms with E-state index in [1.165, 1.54) is 36.9 Å². The Labute approximate surface area is 147 Å². The summed E-state index contributed by atoms with van der Waals surface area (Å²) in [6.07, 6.45) is 4.41. The van der Waals surface area contributed by atoms with Gasteiger partial charge in [0.15, 0.2) is 0 Å². The molecule has 128 valence electrons. The Morgan fingerprint density at radius 1 is 1.12 bits per heavy atom. The standard InChI is InChI=1S/C21H23N3O/c1-14-2-5-20-16(10-14)3-4-18-11-17(12-24(18)20)21(25)22-19-13-23-8-6-15(19)7-9-23/h2-5,10-12,15,19H,6-9,13H2,1H3,(H,22,25). The van der Waals surface area contributed by atoms with Gasteiger partial charge < -0.3 is 14.6 Å². The smallest absolute Gasteiger partial charge is 0.253 e. The molecule has 1 amide bonds. The lowest BCUT2D eigenvalue weighted by molar-refractivity contribution is 0.0620. The molecule has 3 aliphatic heterocycles. The molecule has 2 bridgehead atoms. The van der Waals surface area contributed by atoms with Gasteiger partial charge in [-0.15, -0.1) is 0 Å². The predicted molar refractivity (Wildman–Crippen MR) is 100 cm³/mol. The van der Waals surface area contributed by atoms with Gasteiger partial charge in [0.25, 0.3) is 5.91 Å². The summed E-state index contributed by atoms with van der Waals surface area (Å²) in [6, 6.07) is 13.0. The molecule has 3 fully saturated rings. The lowest BCUT2D eigenvalue weighted by Gasteiger charge is -2.44. The minimum Gasteiger partial charge on any atom is -0.348 e. The molecule has 0 spiro atoms. The number of carbonyl (C=O) groups is 1. The number of rotatable bonds is 2. The van der Waals surface area contributed by atoms with Gasteiger partial charge in [-0.25, -0.2) is 0 Å². The van der Waals surface area contributed by atoms with Gasteiger partial charge in [0.2, 0.25) is 0 Å². The van der Waals surface area contributed by atoms with Crippen molar-refractivity contribution in [3.8, 4) is 0 Å². The number of pyridine rings is 1. The Morgan fingerprint density at radius 3 is 2.72 bits per heavy atom. The first kappa shape index (κ1) is 15.0. The van der Waals surface area contributed by atoms with Crippen molar-refractivity contribution in [1.29, 1.82) is 0 Å². The van der Waals surface area contributed by atoms with Gasteiger partial charge in [0, 0.05) is 24.3 Å². The third-order valence-corrected chi connectivity index (χ3v) is 5.96. The second kappa shape index (κ2) is 5.60. The summed E-state index contributed by atoms with van der Waals surface area (Å²) in [7, 11) is 0. The molecule has 1 aromatic carbocycles. The lowest BCUT2D eigenvalue weighted by atomic mass is 9.84. The summed E-state index contributed by atoms with van der Waals surface area (Å²) in [6.45, 7) is 5.50. The Bertz CT molecular complexity index is 966. The summed E-state index contributed by atoms with van der Waals surface area (Å²) in [4.78, 5) is 15.3. The molecule has 0 radical (unpaired) electrons. The van der Waals surface area contributed by atoms with E-state index in [4.69, 9.17) is 0 Å². The average Bonchev–Trinajstić information content (AvgIpc) is 3.07. The van der Waals surface area contributed by atoms with Crippen LogP contribution in [0.2, 0.25) is 0 Å². The molecule has 1 atom stereocenters. The third-order valence-electron chi connectivity index (χ3n) is 5.96. The Kier molecular flexibility index (Phi) is 3.35. The van der Waals surface area contributed by atoms with E-state index in [1.54, 1.807) is 0 Å². The van der Waals surface area contributed by atoms with Gasteiger partial charge >= 0.3 is 0 Å². The van der Waals surface area contributed by atoms with E-state index in [-0.39, 0.29) is 5.91 Å². The van der Waals surface area contributed by atoms with Crippen molar-refractivity contribution in [2.75, 3.05) is 19.6 Å². The van der Waals surface area contributed by atoms with Crippen molar-refractivity contribution >= 4 is 22.3 Å². The van der Waals surface area contributed by atoms with E-state index in [2.05, 4.69) is 51.9 Å². The normalized spacial score (nSPS) is 25.6. The molecule has 4 heteroatoms. The van der Waals surface area contributed by atoms with Crippen LogP contribution < -0.4 is 5.32 Å². The molecule has 3 aromatic rings. The van der Waals surface area contributed by atoms with Crippen LogP contribution in [0.5, 0.6) is 0 Å². The Morgan fingerprint density at radius 2 is 1.96 bits per heavy atom. The van der Waals surface area contributed by atoms with Crippen LogP contribution in [-0.2, 0) is 0 Å². The van der Waals surface area contributed by atoms with Gasteiger partial charge in [-0.2, -0.15) is 0 Å². The first-order valence-electron chi connectivity index (χ1n) is 9.22. The molecule has 4 nitrogen and oxygen atoms in total. The largest absolute Gasteiger partial charge is 0.348 e. The maximum Gasteiger partial charge on any atom is 0.253 e. The van der Waals surface area contributed by atoms with Crippen molar-refractivity contribution in [2.45, 2.75) is 25.8 Å². The number of fused-ring (bicyclic) bond motifs is 6. The zero-order valence-corrected chi connectivity index (χ0v) is 14.5. The fourth-order valence-electron chi connectivity index (χ4n) is 4.52. The van der Waals surface area contributed by atoms with Gasteiger partial charge in [0.05, 0.1) is 11.1 Å². The molecule has 1 N–H and O–H groups in total.